The fourth-order valence-corrected chi connectivity index (χ4v) is 4.25. The molecule has 5 rings (SSSR count). The van der Waals surface area contributed by atoms with Crippen LogP contribution in [-0.4, -0.2) is 29.9 Å². The number of carbonyl (C=O) groups excluding carboxylic acids is 3. The van der Waals surface area contributed by atoms with Gasteiger partial charge in [0, 0.05) is 0 Å². The summed E-state index contributed by atoms with van der Waals surface area (Å²) in [7, 11) is 1.23. The summed E-state index contributed by atoms with van der Waals surface area (Å²) in [5.74, 6) is -0.433. The van der Waals surface area contributed by atoms with Gasteiger partial charge in [0.2, 0.25) is 5.76 Å². The minimum atomic E-state index is -0.648. The van der Waals surface area contributed by atoms with Crippen LogP contribution in [0.4, 0.5) is 4.79 Å². The standard InChI is InChI=1S/C28H21ClN2O6/c1-35-27(33)25-12-10-20(37-25)15-31-26(32)23(30-28(31)34)14-17-9-11-24(22(29)13-17)36-16-19-7-4-6-18-5-2-3-8-21(18)19/h2-14H,15-16H2,1H3,(H,30,34)/b23-14-. The van der Waals surface area contributed by atoms with E-state index in [4.69, 9.17) is 20.8 Å². The third kappa shape index (κ3) is 5.05. The lowest BCUT2D eigenvalue weighted by Crippen LogP contribution is -2.30. The summed E-state index contributed by atoms with van der Waals surface area (Å²) in [6, 6.07) is 21.6. The van der Waals surface area contributed by atoms with Crippen LogP contribution in [-0.2, 0) is 22.7 Å². The number of benzene rings is 3. The van der Waals surface area contributed by atoms with Gasteiger partial charge in [-0.05, 0) is 52.2 Å². The molecule has 1 saturated heterocycles. The molecule has 0 bridgehead atoms. The molecule has 0 atom stereocenters. The zero-order valence-corrected chi connectivity index (χ0v) is 20.5. The number of imide groups is 1. The summed E-state index contributed by atoms with van der Waals surface area (Å²) in [6.45, 7) is 0.205. The van der Waals surface area contributed by atoms with Gasteiger partial charge in [-0.15, -0.1) is 0 Å². The Morgan fingerprint density at radius 1 is 1.05 bits per heavy atom. The lowest BCUT2D eigenvalue weighted by molar-refractivity contribution is -0.123. The number of hydrogen-bond acceptors (Lipinski definition) is 6. The van der Waals surface area contributed by atoms with Gasteiger partial charge in [0.25, 0.3) is 5.91 Å². The van der Waals surface area contributed by atoms with Crippen LogP contribution in [0.15, 0.2) is 82.9 Å². The molecular weight excluding hydrogens is 496 g/mol. The highest BCUT2D eigenvalue weighted by atomic mass is 35.5. The van der Waals surface area contributed by atoms with E-state index in [-0.39, 0.29) is 23.8 Å². The molecule has 37 heavy (non-hydrogen) atoms. The van der Waals surface area contributed by atoms with Crippen LogP contribution in [0, 0.1) is 0 Å². The van der Waals surface area contributed by atoms with Gasteiger partial charge in [-0.2, -0.15) is 0 Å². The molecule has 0 saturated carbocycles. The van der Waals surface area contributed by atoms with Crippen LogP contribution < -0.4 is 10.1 Å². The van der Waals surface area contributed by atoms with Crippen molar-refractivity contribution in [3.63, 3.8) is 0 Å². The minimum Gasteiger partial charge on any atom is -0.487 e. The summed E-state index contributed by atoms with van der Waals surface area (Å²) < 4.78 is 15.9. The highest BCUT2D eigenvalue weighted by Crippen LogP contribution is 2.29. The van der Waals surface area contributed by atoms with E-state index in [1.807, 2.05) is 42.5 Å². The van der Waals surface area contributed by atoms with Gasteiger partial charge in [-0.1, -0.05) is 60.1 Å². The molecule has 9 heteroatoms. The van der Waals surface area contributed by atoms with Crippen LogP contribution in [0.3, 0.4) is 0 Å². The maximum atomic E-state index is 12.8. The predicted octanol–water partition coefficient (Wildman–Crippen LogP) is 5.54. The van der Waals surface area contributed by atoms with E-state index in [1.54, 1.807) is 18.2 Å². The van der Waals surface area contributed by atoms with Crippen molar-refractivity contribution in [2.45, 2.75) is 13.2 Å². The Morgan fingerprint density at radius 3 is 2.68 bits per heavy atom. The summed E-state index contributed by atoms with van der Waals surface area (Å²) in [5, 5.41) is 5.16. The smallest absolute Gasteiger partial charge is 0.373 e. The number of rotatable bonds is 7. The Morgan fingerprint density at radius 2 is 1.86 bits per heavy atom. The van der Waals surface area contributed by atoms with E-state index in [0.717, 1.165) is 21.2 Å². The van der Waals surface area contributed by atoms with Crippen LogP contribution >= 0.6 is 11.6 Å². The topological polar surface area (TPSA) is 98.1 Å². The van der Waals surface area contributed by atoms with Gasteiger partial charge in [0.1, 0.15) is 23.8 Å². The zero-order valence-electron chi connectivity index (χ0n) is 19.7. The molecular formula is C28H21ClN2O6. The number of esters is 1. The monoisotopic (exact) mass is 516 g/mol. The summed E-state index contributed by atoms with van der Waals surface area (Å²) in [6.07, 6.45) is 1.53. The second-order valence-corrected chi connectivity index (χ2v) is 8.66. The van der Waals surface area contributed by atoms with Crippen molar-refractivity contribution in [3.8, 4) is 5.75 Å². The Kier molecular flexibility index (Phi) is 6.66. The van der Waals surface area contributed by atoms with Crippen molar-refractivity contribution in [3.05, 3.63) is 106 Å². The normalized spacial score (nSPS) is 14.3. The maximum absolute atomic E-state index is 12.8. The summed E-state index contributed by atoms with van der Waals surface area (Å²) in [4.78, 5) is 37.8. The van der Waals surface area contributed by atoms with Gasteiger partial charge >= 0.3 is 12.0 Å². The molecule has 0 radical (unpaired) electrons. The van der Waals surface area contributed by atoms with Crippen LogP contribution in [0.2, 0.25) is 5.02 Å². The first kappa shape index (κ1) is 24.1. The van der Waals surface area contributed by atoms with Gasteiger partial charge in [-0.3, -0.25) is 9.69 Å². The molecule has 0 aliphatic carbocycles. The zero-order chi connectivity index (χ0) is 25.9. The number of hydrogen-bond donors (Lipinski definition) is 1. The van der Waals surface area contributed by atoms with Crippen molar-refractivity contribution in [2.24, 2.45) is 0 Å². The van der Waals surface area contributed by atoms with E-state index in [9.17, 15) is 14.4 Å². The number of urea groups is 1. The molecule has 2 heterocycles. The SMILES string of the molecule is COC(=O)c1ccc(CN2C(=O)N/C(=C\c3ccc(OCc4cccc5ccccc45)c(Cl)c3)C2=O)o1. The fraction of sp³-hybridized carbons (Fsp3) is 0.107. The van der Waals surface area contributed by atoms with Crippen LogP contribution in [0.5, 0.6) is 5.75 Å². The molecule has 1 N–H and O–H groups in total. The van der Waals surface area contributed by atoms with Gasteiger partial charge in [-0.25, -0.2) is 9.59 Å². The first-order chi connectivity index (χ1) is 17.9. The number of furan rings is 1. The number of methoxy groups -OCH3 is 1. The Bertz CT molecular complexity index is 1550. The van der Waals surface area contributed by atoms with E-state index >= 15 is 0 Å². The fourth-order valence-electron chi connectivity index (χ4n) is 4.01. The molecule has 8 nitrogen and oxygen atoms in total. The summed E-state index contributed by atoms with van der Waals surface area (Å²) >= 11 is 6.45. The first-order valence-corrected chi connectivity index (χ1v) is 11.7. The van der Waals surface area contributed by atoms with E-state index in [1.165, 1.54) is 25.3 Å². The van der Waals surface area contributed by atoms with Crippen molar-refractivity contribution in [2.75, 3.05) is 7.11 Å². The number of nitrogens with zero attached hydrogens (tertiary/aromatic N) is 1. The van der Waals surface area contributed by atoms with E-state index in [0.29, 0.717) is 22.9 Å². The van der Waals surface area contributed by atoms with Crippen molar-refractivity contribution in [1.29, 1.82) is 0 Å². The quantitative estimate of drug-likeness (QED) is 0.197. The predicted molar refractivity (Wildman–Crippen MR) is 137 cm³/mol. The lowest BCUT2D eigenvalue weighted by Gasteiger charge is -2.11. The lowest BCUT2D eigenvalue weighted by atomic mass is 10.1. The number of nitrogens with one attached hydrogen (secondary N) is 1. The maximum Gasteiger partial charge on any atom is 0.373 e. The number of carbonyl (C=O) groups is 3. The van der Waals surface area contributed by atoms with Crippen molar-refractivity contribution < 1.29 is 28.3 Å². The highest BCUT2D eigenvalue weighted by Gasteiger charge is 2.34. The minimum absolute atomic E-state index is 0.0160. The molecule has 1 aromatic heterocycles. The molecule has 1 aliphatic rings. The van der Waals surface area contributed by atoms with E-state index < -0.39 is 17.9 Å². The summed E-state index contributed by atoms with van der Waals surface area (Å²) in [5.41, 5.74) is 1.74. The van der Waals surface area contributed by atoms with Crippen molar-refractivity contribution >= 4 is 46.4 Å². The molecule has 3 amide bonds. The Balaban J connectivity index is 1.27. The molecule has 3 aromatic carbocycles. The molecule has 1 fully saturated rings. The molecule has 186 valence electrons. The van der Waals surface area contributed by atoms with Crippen molar-refractivity contribution in [1.82, 2.24) is 10.2 Å². The molecule has 1 aliphatic heterocycles. The Hall–Kier alpha value is -4.56. The second kappa shape index (κ2) is 10.2. The molecule has 0 spiro atoms. The average Bonchev–Trinajstić information content (AvgIpc) is 3.48. The number of halogens is 1. The number of fused-ring (bicyclic) bond motifs is 1. The highest BCUT2D eigenvalue weighted by molar-refractivity contribution is 6.32. The number of ether oxygens (including phenoxy) is 2. The molecule has 4 aromatic rings. The Labute approximate surface area is 217 Å². The van der Waals surface area contributed by atoms with Gasteiger partial charge in [0.15, 0.2) is 0 Å². The van der Waals surface area contributed by atoms with Gasteiger partial charge < -0.3 is 19.2 Å². The molecule has 0 unspecified atom stereocenters. The second-order valence-electron chi connectivity index (χ2n) is 8.25. The van der Waals surface area contributed by atoms with Crippen LogP contribution in [0.25, 0.3) is 16.8 Å². The third-order valence-electron chi connectivity index (χ3n) is 5.85. The average molecular weight is 517 g/mol. The van der Waals surface area contributed by atoms with Crippen LogP contribution in [0.1, 0.15) is 27.4 Å². The third-order valence-corrected chi connectivity index (χ3v) is 6.15. The van der Waals surface area contributed by atoms with E-state index in [2.05, 4.69) is 10.1 Å². The number of amides is 3. The van der Waals surface area contributed by atoms with Gasteiger partial charge in [0.05, 0.1) is 18.7 Å². The largest absolute Gasteiger partial charge is 0.487 e. The first-order valence-electron chi connectivity index (χ1n) is 11.3.